The summed E-state index contributed by atoms with van der Waals surface area (Å²) < 4.78 is 5.15. The Morgan fingerprint density at radius 1 is 1.37 bits per heavy atom. The third-order valence-corrected chi connectivity index (χ3v) is 4.36. The lowest BCUT2D eigenvalue weighted by atomic mass is 10.2. The van der Waals surface area contributed by atoms with Crippen molar-refractivity contribution in [1.82, 2.24) is 9.97 Å². The zero-order chi connectivity index (χ0) is 13.8. The number of nitrogens with one attached hydrogen (secondary N) is 1. The molecular weight excluding hydrogens is 278 g/mol. The fourth-order valence-electron chi connectivity index (χ4n) is 1.72. The maximum absolute atomic E-state index is 5.15. The van der Waals surface area contributed by atoms with Gasteiger partial charge in [-0.1, -0.05) is 6.92 Å². The van der Waals surface area contributed by atoms with Crippen molar-refractivity contribution in [2.24, 2.45) is 0 Å². The van der Waals surface area contributed by atoms with E-state index in [0.717, 1.165) is 27.9 Å². The molecule has 0 aliphatic rings. The number of anilines is 1. The molecule has 2 aromatic heterocycles. The van der Waals surface area contributed by atoms with E-state index in [1.165, 1.54) is 4.88 Å². The van der Waals surface area contributed by atoms with Gasteiger partial charge in [0.1, 0.15) is 5.01 Å². The number of thiazole rings is 2. The molecule has 19 heavy (non-hydrogen) atoms. The molecule has 0 saturated carbocycles. The fraction of sp³-hybridized carbons (Fsp3) is 0.538. The summed E-state index contributed by atoms with van der Waals surface area (Å²) in [6.45, 7) is 6.91. The largest absolute Gasteiger partial charge is 0.378 e. The first-order valence-corrected chi connectivity index (χ1v) is 8.03. The number of aryl methyl sites for hydroxylation is 1. The highest BCUT2D eigenvalue weighted by molar-refractivity contribution is 7.16. The zero-order valence-electron chi connectivity index (χ0n) is 11.7. The lowest BCUT2D eigenvalue weighted by Crippen LogP contribution is -2.08. The topological polar surface area (TPSA) is 47.0 Å². The molecule has 4 nitrogen and oxygen atoms in total. The van der Waals surface area contributed by atoms with Gasteiger partial charge in [0.15, 0.2) is 5.13 Å². The first kappa shape index (κ1) is 14.4. The molecule has 0 unspecified atom stereocenters. The van der Waals surface area contributed by atoms with Gasteiger partial charge >= 0.3 is 0 Å². The maximum Gasteiger partial charge on any atom is 0.183 e. The van der Waals surface area contributed by atoms with Gasteiger partial charge in [0.2, 0.25) is 0 Å². The number of aromatic nitrogens is 2. The molecule has 2 rings (SSSR count). The van der Waals surface area contributed by atoms with Crippen molar-refractivity contribution in [3.05, 3.63) is 16.1 Å². The highest BCUT2D eigenvalue weighted by atomic mass is 32.1. The van der Waals surface area contributed by atoms with Gasteiger partial charge in [-0.3, -0.25) is 0 Å². The Balaban J connectivity index is 2.27. The number of hydrogen-bond acceptors (Lipinski definition) is 6. The minimum absolute atomic E-state index is 0.398. The minimum atomic E-state index is 0.398. The van der Waals surface area contributed by atoms with Gasteiger partial charge in [-0.25, -0.2) is 9.97 Å². The second-order valence-corrected chi connectivity index (χ2v) is 6.45. The summed E-state index contributed by atoms with van der Waals surface area (Å²) in [6.07, 6.45) is 0.917. The van der Waals surface area contributed by atoms with Crippen LogP contribution in [0.15, 0.2) is 5.38 Å². The van der Waals surface area contributed by atoms with Crippen molar-refractivity contribution in [3.63, 3.8) is 0 Å². The zero-order valence-corrected chi connectivity index (χ0v) is 13.3. The highest BCUT2D eigenvalue weighted by Crippen LogP contribution is 2.33. The van der Waals surface area contributed by atoms with Crippen LogP contribution < -0.4 is 5.32 Å². The molecule has 0 radical (unpaired) electrons. The number of ether oxygens (including phenoxy) is 1. The second kappa shape index (κ2) is 6.45. The van der Waals surface area contributed by atoms with Gasteiger partial charge in [-0.05, 0) is 20.3 Å². The monoisotopic (exact) mass is 297 g/mol. The van der Waals surface area contributed by atoms with E-state index in [-0.39, 0.29) is 0 Å². The molecule has 2 aromatic rings. The summed E-state index contributed by atoms with van der Waals surface area (Å²) in [5.41, 5.74) is 2.13. The summed E-state index contributed by atoms with van der Waals surface area (Å²) in [7, 11) is 1.69. The summed E-state index contributed by atoms with van der Waals surface area (Å²) in [5.74, 6) is 0. The molecule has 0 amide bonds. The quantitative estimate of drug-likeness (QED) is 0.881. The predicted octanol–water partition coefficient (Wildman–Crippen LogP) is 3.80. The van der Waals surface area contributed by atoms with Gasteiger partial charge in [0, 0.05) is 18.5 Å². The van der Waals surface area contributed by atoms with E-state index in [1.807, 2.05) is 0 Å². The average molecular weight is 297 g/mol. The standard InChI is InChI=1S/C13H19N3OS2/c1-5-9-12(19-11(15-9)6-17-4)10-7-18-13(16-10)14-8(2)3/h7-8H,5-6H2,1-4H3,(H,14,16). The van der Waals surface area contributed by atoms with E-state index in [1.54, 1.807) is 29.8 Å². The third-order valence-electron chi connectivity index (χ3n) is 2.49. The maximum atomic E-state index is 5.15. The molecule has 0 atom stereocenters. The van der Waals surface area contributed by atoms with Crippen LogP contribution in [-0.2, 0) is 17.8 Å². The lowest BCUT2D eigenvalue weighted by Gasteiger charge is -2.04. The Morgan fingerprint density at radius 3 is 2.79 bits per heavy atom. The first-order valence-electron chi connectivity index (χ1n) is 6.34. The van der Waals surface area contributed by atoms with Crippen LogP contribution in [0.1, 0.15) is 31.5 Å². The molecule has 6 heteroatoms. The average Bonchev–Trinajstić information content (AvgIpc) is 2.95. The van der Waals surface area contributed by atoms with Crippen LogP contribution in [0.3, 0.4) is 0 Å². The van der Waals surface area contributed by atoms with Crippen molar-refractivity contribution in [2.45, 2.75) is 39.8 Å². The van der Waals surface area contributed by atoms with E-state index in [0.29, 0.717) is 12.6 Å². The normalized spacial score (nSPS) is 11.2. The Morgan fingerprint density at radius 2 is 2.16 bits per heavy atom. The number of hydrogen-bond donors (Lipinski definition) is 1. The minimum Gasteiger partial charge on any atom is -0.378 e. The SMILES string of the molecule is CCc1nc(COC)sc1-c1csc(NC(C)C)n1. The molecule has 1 N–H and O–H groups in total. The molecule has 0 spiro atoms. The van der Waals surface area contributed by atoms with Crippen molar-refractivity contribution < 1.29 is 4.74 Å². The van der Waals surface area contributed by atoms with Crippen LogP contribution in [0.2, 0.25) is 0 Å². The Kier molecular flexibility index (Phi) is 4.90. The molecular formula is C13H19N3OS2. The predicted molar refractivity (Wildman–Crippen MR) is 82.1 cm³/mol. The van der Waals surface area contributed by atoms with Crippen LogP contribution in [0.25, 0.3) is 10.6 Å². The highest BCUT2D eigenvalue weighted by Gasteiger charge is 2.14. The summed E-state index contributed by atoms with van der Waals surface area (Å²) in [4.78, 5) is 10.4. The van der Waals surface area contributed by atoms with Gasteiger partial charge in [-0.2, -0.15) is 0 Å². The summed E-state index contributed by atoms with van der Waals surface area (Å²) in [5, 5.41) is 7.40. The Hall–Kier alpha value is -0.980. The van der Waals surface area contributed by atoms with Crippen molar-refractivity contribution in [2.75, 3.05) is 12.4 Å². The first-order chi connectivity index (χ1) is 9.13. The fourth-order valence-corrected chi connectivity index (χ4v) is 3.73. The second-order valence-electron chi connectivity index (χ2n) is 4.51. The van der Waals surface area contributed by atoms with Crippen LogP contribution in [-0.4, -0.2) is 23.1 Å². The number of nitrogens with zero attached hydrogens (tertiary/aromatic N) is 2. The molecule has 0 fully saturated rings. The molecule has 0 aromatic carbocycles. The van der Waals surface area contributed by atoms with E-state index in [4.69, 9.17) is 4.74 Å². The Labute approximate surface area is 121 Å². The molecule has 104 valence electrons. The van der Waals surface area contributed by atoms with Gasteiger partial charge in [0.05, 0.1) is 22.9 Å². The molecule has 0 bridgehead atoms. The third kappa shape index (κ3) is 3.52. The van der Waals surface area contributed by atoms with Gasteiger partial charge in [-0.15, -0.1) is 22.7 Å². The van der Waals surface area contributed by atoms with Crippen molar-refractivity contribution in [1.29, 1.82) is 0 Å². The molecule has 2 heterocycles. The number of methoxy groups -OCH3 is 1. The van der Waals surface area contributed by atoms with E-state index >= 15 is 0 Å². The van der Waals surface area contributed by atoms with Gasteiger partial charge in [0.25, 0.3) is 0 Å². The smallest absolute Gasteiger partial charge is 0.183 e. The molecule has 0 saturated heterocycles. The van der Waals surface area contributed by atoms with Crippen LogP contribution in [0.5, 0.6) is 0 Å². The van der Waals surface area contributed by atoms with Crippen LogP contribution in [0.4, 0.5) is 5.13 Å². The number of rotatable bonds is 6. The van der Waals surface area contributed by atoms with E-state index < -0.39 is 0 Å². The Bertz CT molecular complexity index is 534. The lowest BCUT2D eigenvalue weighted by molar-refractivity contribution is 0.184. The van der Waals surface area contributed by atoms with E-state index in [2.05, 4.69) is 41.4 Å². The van der Waals surface area contributed by atoms with Crippen molar-refractivity contribution >= 4 is 27.8 Å². The van der Waals surface area contributed by atoms with Gasteiger partial charge < -0.3 is 10.1 Å². The van der Waals surface area contributed by atoms with Crippen molar-refractivity contribution in [3.8, 4) is 10.6 Å². The van der Waals surface area contributed by atoms with Crippen LogP contribution in [0, 0.1) is 0 Å². The summed E-state index contributed by atoms with van der Waals surface area (Å²) in [6, 6.07) is 0.398. The summed E-state index contributed by atoms with van der Waals surface area (Å²) >= 11 is 3.31. The molecule has 0 aliphatic heterocycles. The molecule has 0 aliphatic carbocycles. The van der Waals surface area contributed by atoms with Crippen LogP contribution >= 0.6 is 22.7 Å². The van der Waals surface area contributed by atoms with E-state index in [9.17, 15) is 0 Å².